The van der Waals surface area contributed by atoms with Gasteiger partial charge in [0.15, 0.2) is 0 Å². The summed E-state index contributed by atoms with van der Waals surface area (Å²) in [6.07, 6.45) is 6.68. The molecule has 0 saturated heterocycles. The predicted octanol–water partition coefficient (Wildman–Crippen LogP) is 6.41. The topological polar surface area (TPSA) is 49.7 Å². The molecule has 192 valence electrons. The molecule has 0 atom stereocenters. The third kappa shape index (κ3) is 8.12. The summed E-state index contributed by atoms with van der Waals surface area (Å²) in [5, 5.41) is 20.8. The maximum atomic E-state index is 10.4. The van der Waals surface area contributed by atoms with Gasteiger partial charge in [-0.05, 0) is 0 Å². The molecule has 0 radical (unpaired) electrons. The molecule has 0 aliphatic carbocycles. The van der Waals surface area contributed by atoms with Crippen molar-refractivity contribution in [3.05, 3.63) is 144 Å². The molecule has 0 heterocycles. The molecule has 2 N–H and O–H groups in total. The second-order valence-electron chi connectivity index (χ2n) is 10.1. The van der Waals surface area contributed by atoms with Crippen LogP contribution in [0, 0.1) is 0 Å². The first-order valence-electron chi connectivity index (χ1n) is 13.3. The fourth-order valence-corrected chi connectivity index (χ4v) is 11.0. The van der Waals surface area contributed by atoms with Crippen LogP contribution in [0.3, 0.4) is 0 Å². The van der Waals surface area contributed by atoms with Crippen LogP contribution in [0.2, 0.25) is 0 Å². The summed E-state index contributed by atoms with van der Waals surface area (Å²) in [5.74, 6) is 0. The Bertz CT molecular complexity index is 1000. The zero-order valence-corrected chi connectivity index (χ0v) is 22.4. The molecule has 0 spiro atoms. The van der Waals surface area contributed by atoms with Crippen molar-refractivity contribution >= 4 is 14.2 Å². The van der Waals surface area contributed by atoms with Gasteiger partial charge in [-0.2, -0.15) is 0 Å². The molecule has 4 aromatic carbocycles. The molecule has 0 amide bonds. The molecule has 0 saturated carbocycles. The Balaban J connectivity index is 1.74. The first-order chi connectivity index (χ1) is 18.0. The summed E-state index contributed by atoms with van der Waals surface area (Å²) in [6, 6.07) is 42.0. The van der Waals surface area contributed by atoms with E-state index in [4.69, 9.17) is 4.44 Å². The van der Waals surface area contributed by atoms with Crippen molar-refractivity contribution in [3.8, 4) is 0 Å². The zero-order chi connectivity index (χ0) is 25.8. The van der Waals surface area contributed by atoms with Crippen LogP contribution in [-0.2, 0) is 30.1 Å². The van der Waals surface area contributed by atoms with Gasteiger partial charge in [0.2, 0.25) is 0 Å². The third-order valence-electron chi connectivity index (χ3n) is 7.63. The summed E-state index contributed by atoms with van der Waals surface area (Å²) in [5.41, 5.74) is 5.02. The van der Waals surface area contributed by atoms with Crippen LogP contribution in [0.25, 0.3) is 0 Å². The van der Waals surface area contributed by atoms with Crippen molar-refractivity contribution in [1.29, 1.82) is 0 Å². The number of rotatable bonds is 14. The summed E-state index contributed by atoms with van der Waals surface area (Å²) in [7, 11) is -1.80. The fraction of sp³-hybridized carbons (Fsp3) is 0.250. The van der Waals surface area contributed by atoms with Gasteiger partial charge >= 0.3 is 223 Å². The second kappa shape index (κ2) is 13.2. The summed E-state index contributed by atoms with van der Waals surface area (Å²) < 4.78 is 6.55. The van der Waals surface area contributed by atoms with E-state index in [1.165, 1.54) is 22.3 Å². The van der Waals surface area contributed by atoms with Gasteiger partial charge in [-0.15, -0.1) is 0 Å². The fourth-order valence-electron chi connectivity index (χ4n) is 5.37. The van der Waals surface area contributed by atoms with Crippen LogP contribution in [0.5, 0.6) is 0 Å². The van der Waals surface area contributed by atoms with Gasteiger partial charge < -0.3 is 0 Å². The molecule has 4 aromatic rings. The predicted molar refractivity (Wildman–Crippen MR) is 158 cm³/mol. The Morgan fingerprint density at radius 3 is 0.892 bits per heavy atom. The van der Waals surface area contributed by atoms with Crippen LogP contribution < -0.4 is 0 Å². The van der Waals surface area contributed by atoms with Gasteiger partial charge in [-0.25, -0.2) is 0 Å². The van der Waals surface area contributed by atoms with Crippen molar-refractivity contribution in [1.82, 2.24) is 0 Å². The first-order valence-corrected chi connectivity index (χ1v) is 16.2. The average molecular weight is 512 g/mol. The van der Waals surface area contributed by atoms with E-state index in [0.29, 0.717) is 0 Å². The van der Waals surface area contributed by atoms with Gasteiger partial charge in [-0.3, -0.25) is 0 Å². The maximum absolute atomic E-state index is 10.4. The van der Waals surface area contributed by atoms with E-state index in [1.807, 2.05) is 24.3 Å². The van der Waals surface area contributed by atoms with Crippen molar-refractivity contribution < 1.29 is 14.5 Å². The minimum absolute atomic E-state index is 0.819. The molecule has 0 aromatic heterocycles. The Morgan fingerprint density at radius 1 is 0.432 bits per heavy atom. The van der Waals surface area contributed by atoms with Crippen LogP contribution in [0.1, 0.15) is 22.3 Å². The molecular weight excluding hydrogens is 474 g/mol. The van der Waals surface area contributed by atoms with Crippen molar-refractivity contribution in [3.63, 3.8) is 0 Å². The van der Waals surface area contributed by atoms with E-state index >= 15 is 0 Å². The van der Waals surface area contributed by atoms with Crippen LogP contribution in [-0.4, -0.2) is 42.0 Å². The van der Waals surface area contributed by atoms with Crippen molar-refractivity contribution in [2.75, 3.05) is 24.6 Å². The standard InChI is InChI=1S/C32H38BO3P/c34-33(35)36-37(25-21-29-13-5-1-6-14-29,26-22-30-15-7-2-8-16-30,27-23-31-17-9-3-10-18-31)28-24-32-19-11-4-12-20-32/h1-20,34-35H,21-28H2. The number of benzene rings is 4. The Morgan fingerprint density at radius 2 is 0.676 bits per heavy atom. The second-order valence-corrected chi connectivity index (χ2v) is 15.8. The van der Waals surface area contributed by atoms with Gasteiger partial charge in [0.1, 0.15) is 0 Å². The zero-order valence-electron chi connectivity index (χ0n) is 21.5. The summed E-state index contributed by atoms with van der Waals surface area (Å²) in [6.45, 7) is -3.15. The SMILES string of the molecule is OB(O)OP(CCc1ccccc1)(CCc1ccccc1)(CCc1ccccc1)CCc1ccccc1. The van der Waals surface area contributed by atoms with Crippen molar-refractivity contribution in [2.24, 2.45) is 0 Å². The quantitative estimate of drug-likeness (QED) is 0.152. The van der Waals surface area contributed by atoms with Gasteiger partial charge in [0.05, 0.1) is 0 Å². The van der Waals surface area contributed by atoms with Crippen molar-refractivity contribution in [2.45, 2.75) is 25.7 Å². The van der Waals surface area contributed by atoms with Gasteiger partial charge in [-0.1, -0.05) is 0 Å². The first kappa shape index (κ1) is 27.3. The molecule has 37 heavy (non-hydrogen) atoms. The Labute approximate surface area is 222 Å². The average Bonchev–Trinajstić information content (AvgIpc) is 2.95. The van der Waals surface area contributed by atoms with Crippen LogP contribution >= 0.6 is 6.83 Å². The number of hydrogen-bond acceptors (Lipinski definition) is 3. The third-order valence-corrected chi connectivity index (χ3v) is 13.8. The molecule has 3 nitrogen and oxygen atoms in total. The van der Waals surface area contributed by atoms with E-state index in [0.717, 1.165) is 50.3 Å². The molecule has 5 heteroatoms. The summed E-state index contributed by atoms with van der Waals surface area (Å²) in [4.78, 5) is 0. The normalized spacial score (nSPS) is 12.5. The van der Waals surface area contributed by atoms with E-state index in [-0.39, 0.29) is 0 Å². The van der Waals surface area contributed by atoms with Crippen LogP contribution in [0.15, 0.2) is 121 Å². The minimum atomic E-state index is -3.15. The van der Waals surface area contributed by atoms with E-state index in [1.54, 1.807) is 0 Å². The van der Waals surface area contributed by atoms with Crippen LogP contribution in [0.4, 0.5) is 0 Å². The molecular formula is C32H38BO3P. The summed E-state index contributed by atoms with van der Waals surface area (Å²) >= 11 is 0. The molecule has 0 fully saturated rings. The number of aryl methyl sites for hydroxylation is 4. The molecule has 0 aliphatic heterocycles. The van der Waals surface area contributed by atoms with E-state index in [9.17, 15) is 10.0 Å². The molecule has 0 bridgehead atoms. The van der Waals surface area contributed by atoms with Gasteiger partial charge in [0.25, 0.3) is 0 Å². The Hall–Kier alpha value is -2.75. The molecule has 0 aliphatic rings. The Kier molecular flexibility index (Phi) is 9.72. The van der Waals surface area contributed by atoms with Gasteiger partial charge in [0, 0.05) is 0 Å². The molecule has 0 unspecified atom stereocenters. The van der Waals surface area contributed by atoms with E-state index < -0.39 is 14.2 Å². The monoisotopic (exact) mass is 512 g/mol. The van der Waals surface area contributed by atoms with E-state index in [2.05, 4.69) is 97.1 Å². The molecule has 4 rings (SSSR count). The number of hydrogen-bond donors (Lipinski definition) is 2.